The van der Waals surface area contributed by atoms with Crippen LogP contribution >= 0.6 is 11.7 Å². The normalized spacial score (nSPS) is 11.2. The molecule has 0 atom stereocenters. The maximum atomic E-state index is 11.9. The van der Waals surface area contributed by atoms with E-state index in [1.165, 1.54) is 24.3 Å². The third-order valence-corrected chi connectivity index (χ3v) is 1.73. The van der Waals surface area contributed by atoms with E-state index in [9.17, 15) is 7.77 Å². The number of benzene rings is 1. The van der Waals surface area contributed by atoms with Crippen LogP contribution in [0.5, 0.6) is 5.75 Å². The van der Waals surface area contributed by atoms with E-state index in [2.05, 4.69) is 0 Å². The monoisotopic (exact) mass is 164 g/mol. The first-order chi connectivity index (χ1) is 4.70. The van der Waals surface area contributed by atoms with Crippen LogP contribution in [-0.2, 0) is 0 Å². The lowest BCUT2D eigenvalue weighted by atomic mass is 10.3. The molecule has 0 heterocycles. The smallest absolute Gasteiger partial charge is 0.115 e. The van der Waals surface area contributed by atoms with E-state index in [1.54, 1.807) is 0 Å². The highest BCUT2D eigenvalue weighted by Gasteiger charge is 2.00. The minimum atomic E-state index is -3.02. The van der Waals surface area contributed by atoms with Crippen molar-refractivity contribution in [1.82, 2.24) is 0 Å². The van der Waals surface area contributed by atoms with Crippen LogP contribution in [0.3, 0.4) is 0 Å². The van der Waals surface area contributed by atoms with Gasteiger partial charge in [-0.25, -0.2) is 0 Å². The second-order valence-electron chi connectivity index (χ2n) is 1.75. The molecule has 0 radical (unpaired) electrons. The molecule has 1 nitrogen and oxygen atoms in total. The maximum Gasteiger partial charge on any atom is 0.115 e. The first-order valence-electron chi connectivity index (χ1n) is 2.61. The van der Waals surface area contributed by atoms with Gasteiger partial charge >= 0.3 is 0 Å². The molecule has 0 spiro atoms. The molecule has 0 amide bonds. The van der Waals surface area contributed by atoms with Gasteiger partial charge in [0.1, 0.15) is 5.75 Å². The Bertz CT molecular complexity index is 209. The lowest BCUT2D eigenvalue weighted by molar-refractivity contribution is 0.475. The summed E-state index contributed by atoms with van der Waals surface area (Å²) in [6.45, 7) is 0. The summed E-state index contributed by atoms with van der Waals surface area (Å²) in [5, 5.41) is 8.70. The van der Waals surface area contributed by atoms with Crippen LogP contribution < -0.4 is 0 Å². The summed E-state index contributed by atoms with van der Waals surface area (Å²) in [5.41, 5.74) is 0. The molecule has 1 N–H and O–H groups in total. The molecular formula is C6H6F2OS. The van der Waals surface area contributed by atoms with Crippen molar-refractivity contribution in [3.63, 3.8) is 0 Å². The number of hydrogen-bond acceptors (Lipinski definition) is 1. The van der Waals surface area contributed by atoms with E-state index in [0.29, 0.717) is 0 Å². The summed E-state index contributed by atoms with van der Waals surface area (Å²) in [4.78, 5) is -0.00667. The lowest BCUT2D eigenvalue weighted by Gasteiger charge is -1.99. The predicted octanol–water partition coefficient (Wildman–Crippen LogP) is 2.52. The van der Waals surface area contributed by atoms with Gasteiger partial charge in [0.25, 0.3) is 0 Å². The second-order valence-corrected chi connectivity index (χ2v) is 2.73. The minimum Gasteiger partial charge on any atom is -0.508 e. The van der Waals surface area contributed by atoms with E-state index in [4.69, 9.17) is 5.11 Å². The van der Waals surface area contributed by atoms with Gasteiger partial charge in [-0.1, -0.05) is 0 Å². The molecule has 0 bridgehead atoms. The Morgan fingerprint density at radius 1 is 1.10 bits per heavy atom. The second kappa shape index (κ2) is 2.88. The fraction of sp³-hybridized carbons (Fsp3) is 0. The third-order valence-electron chi connectivity index (χ3n) is 1.04. The van der Waals surface area contributed by atoms with Crippen LogP contribution in [0, 0.1) is 0 Å². The zero-order chi connectivity index (χ0) is 7.56. The standard InChI is InChI=1S/C6H6F2OS/c7-10(8)6-3-1-5(9)2-4-6/h1-4,9-10H. The van der Waals surface area contributed by atoms with E-state index < -0.39 is 11.7 Å². The summed E-state index contributed by atoms with van der Waals surface area (Å²) in [6, 6.07) is 4.95. The summed E-state index contributed by atoms with van der Waals surface area (Å²) in [6.07, 6.45) is 0. The number of phenolic OH excluding ortho intramolecular Hbond substituents is 1. The summed E-state index contributed by atoms with van der Waals surface area (Å²) >= 11 is -3.02. The number of aromatic hydroxyl groups is 1. The molecular weight excluding hydrogens is 158 g/mol. The highest BCUT2D eigenvalue weighted by atomic mass is 32.3. The van der Waals surface area contributed by atoms with Crippen molar-refractivity contribution in [2.75, 3.05) is 0 Å². The highest BCUT2D eigenvalue weighted by Crippen LogP contribution is 2.38. The van der Waals surface area contributed by atoms with Crippen molar-refractivity contribution >= 4 is 11.7 Å². The quantitative estimate of drug-likeness (QED) is 0.611. The third kappa shape index (κ3) is 1.60. The fourth-order valence-electron chi connectivity index (χ4n) is 0.565. The summed E-state index contributed by atoms with van der Waals surface area (Å²) < 4.78 is 23.8. The van der Waals surface area contributed by atoms with E-state index >= 15 is 0 Å². The number of thiol groups is 1. The van der Waals surface area contributed by atoms with Gasteiger partial charge in [-0.2, -0.15) is 7.77 Å². The fourth-order valence-corrected chi connectivity index (χ4v) is 0.940. The first kappa shape index (κ1) is 7.34. The molecule has 0 aliphatic carbocycles. The Labute approximate surface area is 60.2 Å². The molecule has 1 rings (SSSR count). The van der Waals surface area contributed by atoms with Gasteiger partial charge in [0.2, 0.25) is 0 Å². The Morgan fingerprint density at radius 3 is 2.00 bits per heavy atom. The van der Waals surface area contributed by atoms with Crippen LogP contribution in [-0.4, -0.2) is 5.11 Å². The molecule has 4 heteroatoms. The largest absolute Gasteiger partial charge is 0.508 e. The van der Waals surface area contributed by atoms with Gasteiger partial charge in [0, 0.05) is 4.90 Å². The maximum absolute atomic E-state index is 11.9. The average molecular weight is 164 g/mol. The number of hydrogen-bond donors (Lipinski definition) is 2. The van der Waals surface area contributed by atoms with Crippen LogP contribution in [0.15, 0.2) is 29.2 Å². The molecule has 1 aromatic rings. The van der Waals surface area contributed by atoms with Crippen molar-refractivity contribution < 1.29 is 12.9 Å². The van der Waals surface area contributed by atoms with Crippen LogP contribution in [0.25, 0.3) is 0 Å². The topological polar surface area (TPSA) is 20.2 Å². The minimum absolute atomic E-state index is 0.00667. The van der Waals surface area contributed by atoms with Crippen molar-refractivity contribution in [2.45, 2.75) is 4.90 Å². The zero-order valence-corrected chi connectivity index (χ0v) is 5.85. The molecule has 0 unspecified atom stereocenters. The van der Waals surface area contributed by atoms with Crippen LogP contribution in [0.2, 0.25) is 0 Å². The van der Waals surface area contributed by atoms with Gasteiger partial charge in [-0.15, -0.1) is 0 Å². The van der Waals surface area contributed by atoms with Gasteiger partial charge in [0.05, 0.1) is 11.7 Å². The molecule has 0 aliphatic rings. The molecule has 0 fully saturated rings. The highest BCUT2D eigenvalue weighted by molar-refractivity contribution is 8.07. The summed E-state index contributed by atoms with van der Waals surface area (Å²) in [7, 11) is 0. The van der Waals surface area contributed by atoms with E-state index in [-0.39, 0.29) is 10.6 Å². The Morgan fingerprint density at radius 2 is 1.60 bits per heavy atom. The number of halogens is 2. The number of phenols is 1. The van der Waals surface area contributed by atoms with Gasteiger partial charge < -0.3 is 5.11 Å². The van der Waals surface area contributed by atoms with Crippen molar-refractivity contribution in [2.24, 2.45) is 0 Å². The van der Waals surface area contributed by atoms with Gasteiger partial charge in [-0.05, 0) is 24.3 Å². The average Bonchev–Trinajstić information content (AvgIpc) is 1.88. The van der Waals surface area contributed by atoms with Crippen LogP contribution in [0.4, 0.5) is 7.77 Å². The molecule has 0 saturated heterocycles. The molecule has 1 aromatic carbocycles. The van der Waals surface area contributed by atoms with Gasteiger partial charge in [-0.3, -0.25) is 0 Å². The van der Waals surface area contributed by atoms with Crippen LogP contribution in [0.1, 0.15) is 0 Å². The molecule has 0 saturated carbocycles. The first-order valence-corrected chi connectivity index (χ1v) is 3.73. The van der Waals surface area contributed by atoms with E-state index in [1.807, 2.05) is 0 Å². The molecule has 0 aliphatic heterocycles. The zero-order valence-electron chi connectivity index (χ0n) is 4.96. The SMILES string of the molecule is Oc1ccc([SH](F)F)cc1. The summed E-state index contributed by atoms with van der Waals surface area (Å²) in [5.74, 6) is 0.0144. The lowest BCUT2D eigenvalue weighted by Crippen LogP contribution is -1.69. The number of rotatable bonds is 1. The predicted molar refractivity (Wildman–Crippen MR) is 37.6 cm³/mol. The molecule has 10 heavy (non-hydrogen) atoms. The Balaban J connectivity index is 2.89. The van der Waals surface area contributed by atoms with Crippen molar-refractivity contribution in [3.8, 4) is 5.75 Å². The molecule has 0 aromatic heterocycles. The van der Waals surface area contributed by atoms with Gasteiger partial charge in [0.15, 0.2) is 0 Å². The van der Waals surface area contributed by atoms with Crippen molar-refractivity contribution in [3.05, 3.63) is 24.3 Å². The molecule has 56 valence electrons. The Hall–Kier alpha value is -0.770. The van der Waals surface area contributed by atoms with E-state index in [0.717, 1.165) is 0 Å². The van der Waals surface area contributed by atoms with Crippen molar-refractivity contribution in [1.29, 1.82) is 0 Å². The Kier molecular flexibility index (Phi) is 2.11.